The van der Waals surface area contributed by atoms with Crippen LogP contribution in [0, 0.1) is 0 Å². The number of hydrogen-bond donors (Lipinski definition) is 0. The molecule has 0 aliphatic rings. The van der Waals surface area contributed by atoms with Gasteiger partial charge in [-0.3, -0.25) is 4.40 Å². The van der Waals surface area contributed by atoms with E-state index in [0.717, 1.165) is 32.6 Å². The van der Waals surface area contributed by atoms with Crippen LogP contribution in [-0.2, 0) is 18.0 Å². The third kappa shape index (κ3) is 3.54. The van der Waals surface area contributed by atoms with Gasteiger partial charge in [0, 0.05) is 22.3 Å². The molecule has 0 N–H and O–H groups in total. The number of hydrogen-bond acceptors (Lipinski definition) is 2. The van der Waals surface area contributed by atoms with E-state index in [0.29, 0.717) is 18.2 Å². The van der Waals surface area contributed by atoms with Crippen LogP contribution < -0.4 is 0 Å². The van der Waals surface area contributed by atoms with Crippen molar-refractivity contribution in [1.29, 1.82) is 0 Å². The fraction of sp³-hybridized carbons (Fsp3) is 0.0952. The van der Waals surface area contributed by atoms with E-state index < -0.39 is 0 Å². The SMILES string of the molecule is Clc1ccc(-c2nc3c(COCc4ccccc4)cccn3c2Br)cc1. The van der Waals surface area contributed by atoms with Gasteiger partial charge in [0.15, 0.2) is 0 Å². The van der Waals surface area contributed by atoms with Crippen molar-refractivity contribution in [2.75, 3.05) is 0 Å². The van der Waals surface area contributed by atoms with Crippen molar-refractivity contribution in [2.24, 2.45) is 0 Å². The predicted molar refractivity (Wildman–Crippen MR) is 108 cm³/mol. The molecule has 2 heterocycles. The minimum Gasteiger partial charge on any atom is -0.372 e. The lowest BCUT2D eigenvalue weighted by molar-refractivity contribution is 0.107. The molecule has 0 saturated carbocycles. The maximum Gasteiger partial charge on any atom is 0.143 e. The molecule has 4 aromatic rings. The van der Waals surface area contributed by atoms with Gasteiger partial charge >= 0.3 is 0 Å². The molecular weight excluding hydrogens is 412 g/mol. The molecule has 5 heteroatoms. The van der Waals surface area contributed by atoms with Crippen LogP contribution in [0.2, 0.25) is 5.02 Å². The first-order valence-electron chi connectivity index (χ1n) is 8.25. The Labute approximate surface area is 165 Å². The highest BCUT2D eigenvalue weighted by molar-refractivity contribution is 9.10. The zero-order valence-electron chi connectivity index (χ0n) is 13.9. The molecule has 2 aromatic carbocycles. The van der Waals surface area contributed by atoms with E-state index in [9.17, 15) is 0 Å². The van der Waals surface area contributed by atoms with Gasteiger partial charge in [0.25, 0.3) is 0 Å². The van der Waals surface area contributed by atoms with Crippen molar-refractivity contribution in [2.45, 2.75) is 13.2 Å². The quantitative estimate of drug-likeness (QED) is 0.383. The van der Waals surface area contributed by atoms with E-state index in [1.165, 1.54) is 0 Å². The first-order chi connectivity index (χ1) is 12.7. The van der Waals surface area contributed by atoms with Crippen molar-refractivity contribution in [3.8, 4) is 11.3 Å². The summed E-state index contributed by atoms with van der Waals surface area (Å²) in [5.41, 5.74) is 4.99. The zero-order valence-corrected chi connectivity index (χ0v) is 16.2. The molecule has 4 rings (SSSR count). The molecule has 0 aliphatic heterocycles. The second kappa shape index (κ2) is 7.62. The summed E-state index contributed by atoms with van der Waals surface area (Å²) in [5.74, 6) is 0. The van der Waals surface area contributed by atoms with Gasteiger partial charge in [-0.05, 0) is 39.7 Å². The Kier molecular flexibility index (Phi) is 5.07. The van der Waals surface area contributed by atoms with Crippen LogP contribution in [0.3, 0.4) is 0 Å². The third-order valence-electron chi connectivity index (χ3n) is 4.16. The zero-order chi connectivity index (χ0) is 17.9. The fourth-order valence-corrected chi connectivity index (χ4v) is 3.58. The Hall–Kier alpha value is -2.14. The van der Waals surface area contributed by atoms with Gasteiger partial charge in [0.1, 0.15) is 15.9 Å². The van der Waals surface area contributed by atoms with Gasteiger partial charge in [-0.25, -0.2) is 4.98 Å². The number of fused-ring (bicyclic) bond motifs is 1. The maximum atomic E-state index is 6.00. The lowest BCUT2D eigenvalue weighted by atomic mass is 10.2. The van der Waals surface area contributed by atoms with Crippen LogP contribution in [0.25, 0.3) is 16.9 Å². The average Bonchev–Trinajstić information content (AvgIpc) is 3.01. The highest BCUT2D eigenvalue weighted by Gasteiger charge is 2.14. The van der Waals surface area contributed by atoms with Gasteiger partial charge < -0.3 is 4.74 Å². The Bertz CT molecular complexity index is 1030. The fourth-order valence-electron chi connectivity index (χ4n) is 2.85. The normalized spacial score (nSPS) is 11.2. The summed E-state index contributed by atoms with van der Waals surface area (Å²) in [5, 5.41) is 0.712. The summed E-state index contributed by atoms with van der Waals surface area (Å²) in [4.78, 5) is 4.83. The van der Waals surface area contributed by atoms with Gasteiger partial charge in [0.05, 0.1) is 13.2 Å². The summed E-state index contributed by atoms with van der Waals surface area (Å²) >= 11 is 9.67. The molecular formula is C21H16BrClN2O. The van der Waals surface area contributed by atoms with Crippen LogP contribution >= 0.6 is 27.5 Å². The Morgan fingerprint density at radius 2 is 1.69 bits per heavy atom. The van der Waals surface area contributed by atoms with Gasteiger partial charge in [0.2, 0.25) is 0 Å². The Morgan fingerprint density at radius 1 is 0.923 bits per heavy atom. The van der Waals surface area contributed by atoms with Crippen molar-refractivity contribution in [1.82, 2.24) is 9.38 Å². The molecule has 2 aromatic heterocycles. The number of ether oxygens (including phenoxy) is 1. The second-order valence-corrected chi connectivity index (χ2v) is 7.15. The number of pyridine rings is 1. The van der Waals surface area contributed by atoms with Crippen LogP contribution in [0.4, 0.5) is 0 Å². The van der Waals surface area contributed by atoms with Crippen LogP contribution in [0.5, 0.6) is 0 Å². The van der Waals surface area contributed by atoms with E-state index in [1.54, 1.807) is 0 Å². The number of halogens is 2. The number of nitrogens with zero attached hydrogens (tertiary/aromatic N) is 2. The molecule has 0 saturated heterocycles. The van der Waals surface area contributed by atoms with Crippen LogP contribution in [0.15, 0.2) is 77.5 Å². The average molecular weight is 428 g/mol. The molecule has 0 atom stereocenters. The summed E-state index contributed by atoms with van der Waals surface area (Å²) < 4.78 is 8.85. The van der Waals surface area contributed by atoms with E-state index in [2.05, 4.69) is 28.1 Å². The number of aromatic nitrogens is 2. The largest absolute Gasteiger partial charge is 0.372 e. The van der Waals surface area contributed by atoms with Crippen molar-refractivity contribution < 1.29 is 4.74 Å². The van der Waals surface area contributed by atoms with Gasteiger partial charge in [-0.2, -0.15) is 0 Å². The van der Waals surface area contributed by atoms with E-state index in [-0.39, 0.29) is 0 Å². The maximum absolute atomic E-state index is 6.00. The van der Waals surface area contributed by atoms with Crippen LogP contribution in [0.1, 0.15) is 11.1 Å². The number of benzene rings is 2. The molecule has 0 bridgehead atoms. The van der Waals surface area contributed by atoms with E-state index in [4.69, 9.17) is 21.3 Å². The molecule has 0 fully saturated rings. The molecule has 130 valence electrons. The summed E-state index contributed by atoms with van der Waals surface area (Å²) in [7, 11) is 0. The molecule has 0 aliphatic carbocycles. The highest BCUT2D eigenvalue weighted by atomic mass is 79.9. The number of imidazole rings is 1. The topological polar surface area (TPSA) is 26.5 Å². The number of rotatable bonds is 5. The summed E-state index contributed by atoms with van der Waals surface area (Å²) in [6.07, 6.45) is 1.99. The van der Waals surface area contributed by atoms with Gasteiger partial charge in [-0.15, -0.1) is 0 Å². The van der Waals surface area contributed by atoms with Crippen molar-refractivity contribution in [3.63, 3.8) is 0 Å². The predicted octanol–water partition coefficient (Wildman–Crippen LogP) is 6.13. The smallest absolute Gasteiger partial charge is 0.143 e. The van der Waals surface area contributed by atoms with E-state index in [1.807, 2.05) is 65.2 Å². The molecule has 0 unspecified atom stereocenters. The molecule has 3 nitrogen and oxygen atoms in total. The lowest BCUT2D eigenvalue weighted by Crippen LogP contribution is -1.97. The minimum atomic E-state index is 0.503. The van der Waals surface area contributed by atoms with Crippen molar-refractivity contribution >= 4 is 33.2 Å². The minimum absolute atomic E-state index is 0.503. The molecule has 0 spiro atoms. The van der Waals surface area contributed by atoms with E-state index >= 15 is 0 Å². The highest BCUT2D eigenvalue weighted by Crippen LogP contribution is 2.30. The molecule has 26 heavy (non-hydrogen) atoms. The second-order valence-electron chi connectivity index (χ2n) is 5.96. The first kappa shape index (κ1) is 17.3. The molecule has 0 amide bonds. The Morgan fingerprint density at radius 3 is 2.46 bits per heavy atom. The standard InChI is InChI=1S/C21H16BrClN2O/c22-20-19(16-8-10-18(23)11-9-16)24-21-17(7-4-12-25(20)21)14-26-13-15-5-2-1-3-6-15/h1-12H,13-14H2. The third-order valence-corrected chi connectivity index (χ3v) is 5.17. The lowest BCUT2D eigenvalue weighted by Gasteiger charge is -2.06. The van der Waals surface area contributed by atoms with Crippen LogP contribution in [-0.4, -0.2) is 9.38 Å². The summed E-state index contributed by atoms with van der Waals surface area (Å²) in [6.45, 7) is 1.08. The van der Waals surface area contributed by atoms with Gasteiger partial charge in [-0.1, -0.05) is 60.1 Å². The summed E-state index contributed by atoms with van der Waals surface area (Å²) in [6, 6.07) is 21.9. The van der Waals surface area contributed by atoms with Crippen molar-refractivity contribution in [3.05, 3.63) is 93.7 Å². The monoisotopic (exact) mass is 426 g/mol. The molecule has 0 radical (unpaired) electrons. The Balaban J connectivity index is 1.62. The first-order valence-corrected chi connectivity index (χ1v) is 9.42.